The molecule has 0 bridgehead atoms. The molecule has 0 amide bonds. The highest BCUT2D eigenvalue weighted by Gasteiger charge is 2.10. The Morgan fingerprint density at radius 3 is 3.00 bits per heavy atom. The largest absolute Gasteiger partial charge is 0.402 e. The van der Waals surface area contributed by atoms with E-state index in [0.717, 1.165) is 24.6 Å². The van der Waals surface area contributed by atoms with Gasteiger partial charge in [-0.25, -0.2) is 4.39 Å². The lowest BCUT2D eigenvalue weighted by atomic mass is 10.1. The summed E-state index contributed by atoms with van der Waals surface area (Å²) < 4.78 is 16.5. The maximum atomic E-state index is 12.8. The van der Waals surface area contributed by atoms with Crippen LogP contribution in [0.2, 0.25) is 0 Å². The minimum atomic E-state index is -0.798. The molecule has 1 rings (SSSR count). The van der Waals surface area contributed by atoms with Gasteiger partial charge in [0.1, 0.15) is 5.70 Å². The van der Waals surface area contributed by atoms with Crippen molar-refractivity contribution in [1.82, 2.24) is 0 Å². The Morgan fingerprint density at radius 2 is 2.38 bits per heavy atom. The van der Waals surface area contributed by atoms with Crippen LogP contribution in [0, 0.1) is 4.91 Å². The molecule has 0 aromatic carbocycles. The molecule has 1 aliphatic rings. The summed E-state index contributed by atoms with van der Waals surface area (Å²) in [5.74, 6) is -1.11. The molecule has 1 aliphatic carbocycles. The van der Waals surface area contributed by atoms with Crippen LogP contribution in [-0.2, 0) is 0 Å². The molecule has 7 heteroatoms. The molecule has 0 saturated carbocycles. The lowest BCUT2D eigenvalue weighted by Crippen LogP contribution is -2.12. The van der Waals surface area contributed by atoms with Crippen molar-refractivity contribution in [2.24, 2.45) is 21.0 Å². The first kappa shape index (κ1) is 12.4. The van der Waals surface area contributed by atoms with Crippen LogP contribution in [0.1, 0.15) is 12.8 Å². The van der Waals surface area contributed by atoms with Gasteiger partial charge in [0.2, 0.25) is 0 Å². The van der Waals surface area contributed by atoms with Crippen LogP contribution in [0.5, 0.6) is 0 Å². The van der Waals surface area contributed by atoms with Crippen molar-refractivity contribution in [3.8, 4) is 0 Å². The quantitative estimate of drug-likeness (QED) is 0.341. The van der Waals surface area contributed by atoms with Gasteiger partial charge >= 0.3 is 0 Å². The van der Waals surface area contributed by atoms with Gasteiger partial charge in [-0.3, -0.25) is 0 Å². The topological polar surface area (TPSA) is 93.8 Å². The minimum absolute atomic E-state index is 0.316. The molecule has 0 radical (unpaired) electrons. The van der Waals surface area contributed by atoms with Gasteiger partial charge in [-0.15, -0.1) is 4.91 Å². The number of hydrogen-bond acceptors (Lipinski definition) is 5. The highest BCUT2D eigenvalue weighted by molar-refractivity contribution is 8.02. The van der Waals surface area contributed by atoms with Crippen molar-refractivity contribution < 1.29 is 4.39 Å². The number of rotatable bonds is 4. The molecule has 0 saturated heterocycles. The van der Waals surface area contributed by atoms with Crippen LogP contribution in [0.15, 0.2) is 44.4 Å². The summed E-state index contributed by atoms with van der Waals surface area (Å²) in [6.07, 6.45) is 5.65. The number of amidine groups is 1. The molecule has 16 heavy (non-hydrogen) atoms. The van der Waals surface area contributed by atoms with Crippen LogP contribution in [0.4, 0.5) is 4.39 Å². The second-order valence-corrected chi connectivity index (χ2v) is 3.73. The average molecular weight is 242 g/mol. The third-order valence-electron chi connectivity index (χ3n) is 1.85. The van der Waals surface area contributed by atoms with Gasteiger partial charge in [0.05, 0.1) is 4.91 Å². The molecular weight excluding hydrogens is 231 g/mol. The van der Waals surface area contributed by atoms with Crippen LogP contribution >= 0.6 is 11.9 Å². The van der Waals surface area contributed by atoms with E-state index < -0.39 is 5.83 Å². The van der Waals surface area contributed by atoms with Crippen molar-refractivity contribution >= 4 is 17.8 Å². The Kier molecular flexibility index (Phi) is 4.71. The van der Waals surface area contributed by atoms with Gasteiger partial charge in [0, 0.05) is 18.1 Å². The van der Waals surface area contributed by atoms with Gasteiger partial charge in [-0.05, 0) is 24.1 Å². The minimum Gasteiger partial charge on any atom is -0.402 e. The maximum Gasteiger partial charge on any atom is 0.181 e. The number of hydrogen-bond donors (Lipinski definition) is 2. The second-order valence-electron chi connectivity index (χ2n) is 2.93. The molecule has 0 heterocycles. The summed E-state index contributed by atoms with van der Waals surface area (Å²) >= 11 is 0.907. The van der Waals surface area contributed by atoms with Gasteiger partial charge in [0.25, 0.3) is 0 Å². The van der Waals surface area contributed by atoms with E-state index in [4.69, 9.17) is 11.5 Å². The van der Waals surface area contributed by atoms with E-state index in [1.54, 1.807) is 6.08 Å². The van der Waals surface area contributed by atoms with E-state index in [1.807, 2.05) is 6.08 Å². The molecule has 0 fully saturated rings. The first-order chi connectivity index (χ1) is 7.69. The van der Waals surface area contributed by atoms with Crippen molar-refractivity contribution in [2.75, 3.05) is 0 Å². The Hall–Kier alpha value is -1.63. The highest BCUT2D eigenvalue weighted by atomic mass is 32.2. The lowest BCUT2D eigenvalue weighted by Gasteiger charge is -2.06. The molecule has 0 spiro atoms. The summed E-state index contributed by atoms with van der Waals surface area (Å²) in [6, 6.07) is 0. The van der Waals surface area contributed by atoms with Crippen molar-refractivity contribution in [2.45, 2.75) is 12.8 Å². The number of nitrogens with zero attached hydrogens (tertiary/aromatic N) is 2. The van der Waals surface area contributed by atoms with Gasteiger partial charge in [-0.2, -0.15) is 4.40 Å². The zero-order valence-electron chi connectivity index (χ0n) is 8.39. The van der Waals surface area contributed by atoms with E-state index in [0.29, 0.717) is 17.0 Å². The molecule has 4 N–H and O–H groups in total. The Balaban J connectivity index is 2.78. The zero-order valence-corrected chi connectivity index (χ0v) is 9.21. The average Bonchev–Trinajstić information content (AvgIpc) is 2.35. The molecule has 0 aliphatic heterocycles. The van der Waals surface area contributed by atoms with E-state index in [2.05, 4.69) is 9.57 Å². The van der Waals surface area contributed by atoms with Gasteiger partial charge in [0.15, 0.2) is 11.7 Å². The van der Waals surface area contributed by atoms with E-state index in [9.17, 15) is 9.30 Å². The molecule has 0 atom stereocenters. The number of nitroso groups, excluding NO2 is 1. The first-order valence-corrected chi connectivity index (χ1v) is 5.27. The Morgan fingerprint density at radius 1 is 1.62 bits per heavy atom. The molecule has 0 aromatic rings. The standard InChI is InChI=1S/C9H11FN4OS/c10-6(5-11)9(12)14-16-8-4-2-1-3-7(8)13-15/h2,4-5H,1,3,11H2,(H2,12,14)/b6-5+. The van der Waals surface area contributed by atoms with E-state index in [1.165, 1.54) is 0 Å². The van der Waals surface area contributed by atoms with Crippen LogP contribution in [0.25, 0.3) is 0 Å². The second kappa shape index (κ2) is 6.06. The molecule has 5 nitrogen and oxygen atoms in total. The zero-order chi connectivity index (χ0) is 12.0. The number of halogens is 1. The molecule has 0 aromatic heterocycles. The summed E-state index contributed by atoms with van der Waals surface area (Å²) in [5.41, 5.74) is 10.6. The number of allylic oxidation sites excluding steroid dienone is 3. The predicted molar refractivity (Wildman–Crippen MR) is 63.8 cm³/mol. The van der Waals surface area contributed by atoms with Gasteiger partial charge < -0.3 is 11.5 Å². The molecule has 86 valence electrons. The number of nitrogens with two attached hydrogens (primary N) is 2. The van der Waals surface area contributed by atoms with E-state index in [-0.39, 0.29) is 5.84 Å². The fourth-order valence-corrected chi connectivity index (χ4v) is 1.72. The fraction of sp³-hybridized carbons (Fsp3) is 0.222. The maximum absolute atomic E-state index is 12.8. The first-order valence-electron chi connectivity index (χ1n) is 4.50. The smallest absolute Gasteiger partial charge is 0.181 e. The fourth-order valence-electron chi connectivity index (χ4n) is 1.03. The van der Waals surface area contributed by atoms with Crippen LogP contribution in [-0.4, -0.2) is 5.84 Å². The third kappa shape index (κ3) is 3.20. The van der Waals surface area contributed by atoms with Crippen molar-refractivity contribution in [1.29, 1.82) is 0 Å². The monoisotopic (exact) mass is 242 g/mol. The highest BCUT2D eigenvalue weighted by Crippen LogP contribution is 2.29. The SMILES string of the molecule is N/C=C(/F)C(N)=NSC1=C(N=O)CCC=C1. The summed E-state index contributed by atoms with van der Waals surface area (Å²) in [6.45, 7) is 0. The summed E-state index contributed by atoms with van der Waals surface area (Å²) in [7, 11) is 0. The predicted octanol–water partition coefficient (Wildman–Crippen LogP) is 2.09. The van der Waals surface area contributed by atoms with Crippen LogP contribution in [0.3, 0.4) is 0 Å². The Labute approximate surface area is 96.3 Å². The molecular formula is C9H11FN4OS. The lowest BCUT2D eigenvalue weighted by molar-refractivity contribution is 0.676. The molecule has 0 unspecified atom stereocenters. The van der Waals surface area contributed by atoms with E-state index >= 15 is 0 Å². The van der Waals surface area contributed by atoms with Crippen molar-refractivity contribution in [3.63, 3.8) is 0 Å². The normalized spacial score (nSPS) is 17.8. The van der Waals surface area contributed by atoms with Crippen LogP contribution < -0.4 is 11.5 Å². The summed E-state index contributed by atoms with van der Waals surface area (Å²) in [4.78, 5) is 11.0. The van der Waals surface area contributed by atoms with Gasteiger partial charge in [-0.1, -0.05) is 6.08 Å². The third-order valence-corrected chi connectivity index (χ3v) is 2.70. The summed E-state index contributed by atoms with van der Waals surface area (Å²) in [5, 5.41) is 2.89. The van der Waals surface area contributed by atoms with Crippen molar-refractivity contribution in [3.05, 3.63) is 39.7 Å². The Bertz CT molecular complexity index is 400.